The fourth-order valence-electron chi connectivity index (χ4n) is 3.09. The Balaban J connectivity index is 0.00000109. The molecule has 1 fully saturated rings. The molecule has 0 saturated carbocycles. The van der Waals surface area contributed by atoms with Crippen LogP contribution in [0.3, 0.4) is 0 Å². The van der Waals surface area contributed by atoms with E-state index in [0.717, 1.165) is 23.9 Å². The number of fused-ring (bicyclic) bond motifs is 1. The Morgan fingerprint density at radius 1 is 1.28 bits per heavy atom. The first kappa shape index (κ1) is 19.2. The highest BCUT2D eigenvalue weighted by molar-refractivity contribution is 5.94. The summed E-state index contributed by atoms with van der Waals surface area (Å²) in [7, 11) is 0. The molecule has 0 bridgehead atoms. The number of hydrogen-bond acceptors (Lipinski definition) is 4. The van der Waals surface area contributed by atoms with Crippen LogP contribution < -0.4 is 5.43 Å². The molecule has 0 amide bonds. The lowest BCUT2D eigenvalue weighted by Gasteiger charge is -2.27. The van der Waals surface area contributed by atoms with Crippen LogP contribution in [0.15, 0.2) is 29.2 Å². The highest BCUT2D eigenvalue weighted by atomic mass is 16.5. The summed E-state index contributed by atoms with van der Waals surface area (Å²) in [5.41, 5.74) is 1.71. The molecule has 1 aromatic heterocycles. The standard InChI is InChI=1S/C18H21NO4.C2H6/c1-3-23-18(21)15-11-19(13-6-8-22-9-7-13)16-5-4-12(2)10-14(16)17(15)20;1-2/h4-5,10-11,13H,3,6-9H2,1-2H3;1-2H3. The summed E-state index contributed by atoms with van der Waals surface area (Å²) in [4.78, 5) is 24.9. The third kappa shape index (κ3) is 4.10. The number of pyridine rings is 1. The van der Waals surface area contributed by atoms with Crippen LogP contribution in [0.5, 0.6) is 0 Å². The van der Waals surface area contributed by atoms with Gasteiger partial charge in [-0.1, -0.05) is 25.5 Å². The highest BCUT2D eigenvalue weighted by Crippen LogP contribution is 2.25. The second kappa shape index (κ2) is 8.81. The topological polar surface area (TPSA) is 57.5 Å². The van der Waals surface area contributed by atoms with E-state index >= 15 is 0 Å². The summed E-state index contributed by atoms with van der Waals surface area (Å²) in [5, 5.41) is 0.571. The minimum Gasteiger partial charge on any atom is -0.462 e. The maximum atomic E-state index is 12.7. The van der Waals surface area contributed by atoms with Gasteiger partial charge in [-0.25, -0.2) is 4.79 Å². The van der Waals surface area contributed by atoms with Gasteiger partial charge in [-0.05, 0) is 38.8 Å². The molecule has 0 spiro atoms. The predicted molar refractivity (Wildman–Crippen MR) is 99.3 cm³/mol. The number of aromatic nitrogens is 1. The summed E-state index contributed by atoms with van der Waals surface area (Å²) in [6.07, 6.45) is 3.40. The highest BCUT2D eigenvalue weighted by Gasteiger charge is 2.22. The van der Waals surface area contributed by atoms with Crippen molar-refractivity contribution < 1.29 is 14.3 Å². The Labute approximate surface area is 148 Å². The fraction of sp³-hybridized carbons (Fsp3) is 0.500. The molecule has 0 atom stereocenters. The van der Waals surface area contributed by atoms with Crippen molar-refractivity contribution in [1.82, 2.24) is 4.57 Å². The number of ether oxygens (including phenoxy) is 2. The molecule has 25 heavy (non-hydrogen) atoms. The van der Waals surface area contributed by atoms with E-state index in [1.54, 1.807) is 13.1 Å². The Bertz CT molecular complexity index is 788. The van der Waals surface area contributed by atoms with E-state index in [0.29, 0.717) is 18.6 Å². The van der Waals surface area contributed by atoms with Gasteiger partial charge in [-0.3, -0.25) is 4.79 Å². The lowest BCUT2D eigenvalue weighted by atomic mass is 10.0. The second-order valence-corrected chi connectivity index (χ2v) is 5.86. The Morgan fingerprint density at radius 3 is 2.60 bits per heavy atom. The van der Waals surface area contributed by atoms with Gasteiger partial charge in [0.1, 0.15) is 5.56 Å². The third-order valence-electron chi connectivity index (χ3n) is 4.27. The van der Waals surface area contributed by atoms with Crippen LogP contribution in [0.4, 0.5) is 0 Å². The molecule has 1 saturated heterocycles. The van der Waals surface area contributed by atoms with Crippen molar-refractivity contribution in [3.05, 3.63) is 45.7 Å². The fourth-order valence-corrected chi connectivity index (χ4v) is 3.09. The lowest BCUT2D eigenvalue weighted by molar-refractivity contribution is 0.0522. The van der Waals surface area contributed by atoms with Crippen LogP contribution >= 0.6 is 0 Å². The summed E-state index contributed by atoms with van der Waals surface area (Å²) in [6.45, 7) is 9.31. The number of hydrogen-bond donors (Lipinski definition) is 0. The van der Waals surface area contributed by atoms with Gasteiger partial charge in [-0.2, -0.15) is 0 Å². The number of nitrogens with zero attached hydrogens (tertiary/aromatic N) is 1. The normalized spacial score (nSPS) is 14.7. The third-order valence-corrected chi connectivity index (χ3v) is 4.27. The van der Waals surface area contributed by atoms with Crippen molar-refractivity contribution in [2.75, 3.05) is 19.8 Å². The molecule has 0 unspecified atom stereocenters. The zero-order valence-corrected chi connectivity index (χ0v) is 15.5. The predicted octanol–water partition coefficient (Wildman–Crippen LogP) is 3.86. The van der Waals surface area contributed by atoms with E-state index in [1.165, 1.54) is 0 Å². The minimum absolute atomic E-state index is 0.108. The van der Waals surface area contributed by atoms with Gasteiger partial charge >= 0.3 is 5.97 Å². The summed E-state index contributed by atoms with van der Waals surface area (Å²) in [6, 6.07) is 6.01. The van der Waals surface area contributed by atoms with E-state index in [2.05, 4.69) is 0 Å². The van der Waals surface area contributed by atoms with Crippen molar-refractivity contribution in [3.8, 4) is 0 Å². The SMILES string of the molecule is CC.CCOC(=O)c1cn(C2CCOCC2)c2ccc(C)cc2c1=O. The first-order valence-corrected chi connectivity index (χ1v) is 9.02. The Hall–Kier alpha value is -2.14. The molecule has 0 aliphatic carbocycles. The van der Waals surface area contributed by atoms with E-state index < -0.39 is 5.97 Å². The van der Waals surface area contributed by atoms with E-state index in [4.69, 9.17) is 9.47 Å². The number of benzene rings is 1. The number of carbonyl (C=O) groups excluding carboxylic acids is 1. The van der Waals surface area contributed by atoms with Crippen molar-refractivity contribution in [3.63, 3.8) is 0 Å². The molecule has 1 aromatic carbocycles. The zero-order chi connectivity index (χ0) is 18.4. The molecule has 0 radical (unpaired) electrons. The van der Waals surface area contributed by atoms with Crippen molar-refractivity contribution in [2.45, 2.75) is 46.6 Å². The zero-order valence-electron chi connectivity index (χ0n) is 15.5. The van der Waals surface area contributed by atoms with Gasteiger partial charge < -0.3 is 14.0 Å². The van der Waals surface area contributed by atoms with Gasteiger partial charge in [0.15, 0.2) is 0 Å². The monoisotopic (exact) mass is 345 g/mol. The second-order valence-electron chi connectivity index (χ2n) is 5.86. The quantitative estimate of drug-likeness (QED) is 0.793. The van der Waals surface area contributed by atoms with Crippen LogP contribution in [0, 0.1) is 6.92 Å². The van der Waals surface area contributed by atoms with Crippen molar-refractivity contribution in [1.29, 1.82) is 0 Å². The van der Waals surface area contributed by atoms with Gasteiger partial charge in [0, 0.05) is 30.8 Å². The lowest BCUT2D eigenvalue weighted by Crippen LogP contribution is -2.25. The maximum absolute atomic E-state index is 12.7. The molecular weight excluding hydrogens is 318 g/mol. The van der Waals surface area contributed by atoms with Crippen molar-refractivity contribution >= 4 is 16.9 Å². The molecule has 3 rings (SSSR count). The molecule has 2 aromatic rings. The van der Waals surface area contributed by atoms with E-state index in [9.17, 15) is 9.59 Å². The average Bonchev–Trinajstić information content (AvgIpc) is 2.65. The average molecular weight is 345 g/mol. The first-order valence-electron chi connectivity index (χ1n) is 9.02. The molecule has 5 heteroatoms. The Kier molecular flexibility index (Phi) is 6.76. The number of esters is 1. The molecular formula is C20H27NO4. The maximum Gasteiger partial charge on any atom is 0.343 e. The first-order chi connectivity index (χ1) is 12.1. The summed E-state index contributed by atoms with van der Waals surface area (Å²) < 4.78 is 12.5. The van der Waals surface area contributed by atoms with Gasteiger partial charge in [0.05, 0.1) is 12.1 Å². The number of carbonyl (C=O) groups is 1. The van der Waals surface area contributed by atoms with E-state index in [-0.39, 0.29) is 23.6 Å². The molecule has 1 aliphatic heterocycles. The van der Waals surface area contributed by atoms with Crippen molar-refractivity contribution in [2.24, 2.45) is 0 Å². The molecule has 2 heterocycles. The van der Waals surface area contributed by atoms with E-state index in [1.807, 2.05) is 43.5 Å². The summed E-state index contributed by atoms with van der Waals surface area (Å²) in [5.74, 6) is -0.554. The van der Waals surface area contributed by atoms with Crippen LogP contribution in [0.25, 0.3) is 10.9 Å². The molecule has 1 aliphatic rings. The van der Waals surface area contributed by atoms with Gasteiger partial charge in [-0.15, -0.1) is 0 Å². The van der Waals surface area contributed by atoms with Crippen LogP contribution in [-0.4, -0.2) is 30.4 Å². The largest absolute Gasteiger partial charge is 0.462 e. The molecule has 5 nitrogen and oxygen atoms in total. The van der Waals surface area contributed by atoms with Gasteiger partial charge in [0.25, 0.3) is 0 Å². The minimum atomic E-state index is -0.554. The summed E-state index contributed by atoms with van der Waals surface area (Å²) >= 11 is 0. The van der Waals surface area contributed by atoms with Gasteiger partial charge in [0.2, 0.25) is 5.43 Å². The Morgan fingerprint density at radius 2 is 1.96 bits per heavy atom. The number of rotatable bonds is 3. The smallest absolute Gasteiger partial charge is 0.343 e. The van der Waals surface area contributed by atoms with Crippen LogP contribution in [0.1, 0.15) is 55.6 Å². The molecule has 0 N–H and O–H groups in total. The van der Waals surface area contributed by atoms with Crippen LogP contribution in [0.2, 0.25) is 0 Å². The van der Waals surface area contributed by atoms with Crippen LogP contribution in [-0.2, 0) is 9.47 Å². The number of aryl methyl sites for hydroxylation is 1. The molecule has 136 valence electrons.